The second-order valence-electron chi connectivity index (χ2n) is 5.45. The van der Waals surface area contributed by atoms with Gasteiger partial charge in [-0.1, -0.05) is 42.1 Å². The van der Waals surface area contributed by atoms with Crippen molar-refractivity contribution in [2.45, 2.75) is 29.7 Å². The van der Waals surface area contributed by atoms with Gasteiger partial charge in [0, 0.05) is 13.0 Å². The Morgan fingerprint density at radius 1 is 1.23 bits per heavy atom. The Morgan fingerprint density at radius 3 is 2.82 bits per heavy atom. The molecule has 3 aromatic rings. The molecule has 1 aliphatic carbocycles. The number of hydrogen-bond donors (Lipinski definition) is 0. The molecule has 0 atom stereocenters. The number of hydrogen-bond acceptors (Lipinski definition) is 5. The van der Waals surface area contributed by atoms with Gasteiger partial charge in [-0.05, 0) is 18.4 Å². The van der Waals surface area contributed by atoms with Crippen molar-refractivity contribution < 1.29 is 4.42 Å². The van der Waals surface area contributed by atoms with Gasteiger partial charge in [-0.3, -0.25) is 0 Å². The minimum absolute atomic E-state index is 0.504. The molecule has 0 radical (unpaired) electrons. The molecule has 1 saturated carbocycles. The third kappa shape index (κ3) is 2.66. The lowest BCUT2D eigenvalue weighted by Crippen LogP contribution is -1.94. The third-order valence-electron chi connectivity index (χ3n) is 3.75. The molecule has 1 aliphatic rings. The SMILES string of the molecule is Cn1c(-c2ccccc2)cnc1SCc1nnc(C2CC2)o1. The number of imidazole rings is 1. The zero-order valence-electron chi connectivity index (χ0n) is 12.3. The summed E-state index contributed by atoms with van der Waals surface area (Å²) in [6.45, 7) is 0. The van der Waals surface area contributed by atoms with Gasteiger partial charge in [0.15, 0.2) is 5.16 Å². The summed E-state index contributed by atoms with van der Waals surface area (Å²) >= 11 is 1.62. The first-order chi connectivity index (χ1) is 10.8. The van der Waals surface area contributed by atoms with Crippen molar-refractivity contribution >= 4 is 11.8 Å². The predicted molar refractivity (Wildman–Crippen MR) is 84.5 cm³/mol. The van der Waals surface area contributed by atoms with Crippen molar-refractivity contribution in [2.75, 3.05) is 0 Å². The molecule has 0 spiro atoms. The summed E-state index contributed by atoms with van der Waals surface area (Å²) in [5, 5.41) is 9.17. The maximum atomic E-state index is 5.68. The van der Waals surface area contributed by atoms with Gasteiger partial charge in [-0.15, -0.1) is 10.2 Å². The van der Waals surface area contributed by atoms with E-state index in [0.717, 1.165) is 22.3 Å². The van der Waals surface area contributed by atoms with Gasteiger partial charge < -0.3 is 8.98 Å². The van der Waals surface area contributed by atoms with E-state index in [1.807, 2.05) is 31.4 Å². The highest BCUT2D eigenvalue weighted by molar-refractivity contribution is 7.98. The molecular formula is C16H16N4OS. The fraction of sp³-hybridized carbons (Fsp3) is 0.312. The smallest absolute Gasteiger partial charge is 0.226 e. The maximum absolute atomic E-state index is 5.68. The van der Waals surface area contributed by atoms with Crippen LogP contribution in [0.4, 0.5) is 0 Å². The van der Waals surface area contributed by atoms with E-state index in [4.69, 9.17) is 4.42 Å². The van der Waals surface area contributed by atoms with Gasteiger partial charge in [-0.25, -0.2) is 4.98 Å². The van der Waals surface area contributed by atoms with Crippen LogP contribution >= 0.6 is 11.8 Å². The monoisotopic (exact) mass is 312 g/mol. The quantitative estimate of drug-likeness (QED) is 0.673. The van der Waals surface area contributed by atoms with Gasteiger partial charge in [0.05, 0.1) is 17.6 Å². The molecule has 0 bridgehead atoms. The third-order valence-corrected chi connectivity index (χ3v) is 4.78. The molecule has 4 rings (SSSR count). The van der Waals surface area contributed by atoms with E-state index in [1.165, 1.54) is 12.8 Å². The Balaban J connectivity index is 1.47. The fourth-order valence-corrected chi connectivity index (χ4v) is 3.14. The molecule has 5 nitrogen and oxygen atoms in total. The summed E-state index contributed by atoms with van der Waals surface area (Å²) in [6, 6.07) is 10.3. The number of nitrogens with zero attached hydrogens (tertiary/aromatic N) is 4. The molecule has 6 heteroatoms. The number of aromatic nitrogens is 4. The van der Waals surface area contributed by atoms with E-state index >= 15 is 0 Å². The van der Waals surface area contributed by atoms with Crippen molar-refractivity contribution in [3.63, 3.8) is 0 Å². The van der Waals surface area contributed by atoms with Crippen molar-refractivity contribution in [3.8, 4) is 11.3 Å². The van der Waals surface area contributed by atoms with Gasteiger partial charge in [-0.2, -0.15) is 0 Å². The van der Waals surface area contributed by atoms with Crippen molar-refractivity contribution in [1.82, 2.24) is 19.7 Å². The van der Waals surface area contributed by atoms with Crippen molar-refractivity contribution in [2.24, 2.45) is 7.05 Å². The molecule has 0 amide bonds. The predicted octanol–water partition coefficient (Wildman–Crippen LogP) is 3.64. The van der Waals surface area contributed by atoms with Crippen molar-refractivity contribution in [3.05, 3.63) is 48.3 Å². The van der Waals surface area contributed by atoms with Crippen LogP contribution in [0.5, 0.6) is 0 Å². The molecule has 1 fully saturated rings. The zero-order chi connectivity index (χ0) is 14.9. The van der Waals surface area contributed by atoms with Crippen LogP contribution in [0.25, 0.3) is 11.3 Å². The molecule has 112 valence electrons. The van der Waals surface area contributed by atoms with Gasteiger partial charge in [0.2, 0.25) is 11.8 Å². The van der Waals surface area contributed by atoms with E-state index < -0.39 is 0 Å². The minimum atomic E-state index is 0.504. The van der Waals surface area contributed by atoms with Crippen molar-refractivity contribution in [1.29, 1.82) is 0 Å². The molecule has 1 aromatic carbocycles. The topological polar surface area (TPSA) is 56.7 Å². The molecule has 0 N–H and O–H groups in total. The Kier molecular flexibility index (Phi) is 3.46. The molecule has 0 saturated heterocycles. The average molecular weight is 312 g/mol. The Labute approximate surface area is 132 Å². The summed E-state index contributed by atoms with van der Waals surface area (Å²) in [5.41, 5.74) is 2.27. The fourth-order valence-electron chi connectivity index (χ4n) is 2.35. The highest BCUT2D eigenvalue weighted by Gasteiger charge is 2.29. The van der Waals surface area contributed by atoms with E-state index in [1.54, 1.807) is 11.8 Å². The van der Waals surface area contributed by atoms with Crippen LogP contribution < -0.4 is 0 Å². The normalized spacial score (nSPS) is 14.4. The number of benzene rings is 1. The zero-order valence-corrected chi connectivity index (χ0v) is 13.1. The molecule has 2 aromatic heterocycles. The largest absolute Gasteiger partial charge is 0.424 e. The van der Waals surface area contributed by atoms with Crippen LogP contribution in [0, 0.1) is 0 Å². The highest BCUT2D eigenvalue weighted by Crippen LogP contribution is 2.39. The molecule has 0 unspecified atom stereocenters. The number of thioether (sulfide) groups is 1. The molecule has 2 heterocycles. The maximum Gasteiger partial charge on any atom is 0.226 e. The van der Waals surface area contributed by atoms with Crippen LogP contribution in [0.2, 0.25) is 0 Å². The second-order valence-corrected chi connectivity index (χ2v) is 6.39. The van der Waals surface area contributed by atoms with Crippen LogP contribution in [-0.2, 0) is 12.8 Å². The summed E-state index contributed by atoms with van der Waals surface area (Å²) in [6.07, 6.45) is 4.25. The van der Waals surface area contributed by atoms with Gasteiger partial charge >= 0.3 is 0 Å². The lowest BCUT2D eigenvalue weighted by Gasteiger charge is -2.04. The van der Waals surface area contributed by atoms with E-state index in [0.29, 0.717) is 17.6 Å². The number of rotatable bonds is 5. The Morgan fingerprint density at radius 2 is 2.05 bits per heavy atom. The standard InChI is InChI=1S/C16H16N4OS/c1-20-13(11-5-3-2-4-6-11)9-17-16(20)22-10-14-18-19-15(21-14)12-7-8-12/h2-6,9,12H,7-8,10H2,1H3. The van der Waals surface area contributed by atoms with Gasteiger partial charge in [0.25, 0.3) is 0 Å². The lowest BCUT2D eigenvalue weighted by atomic mass is 10.2. The van der Waals surface area contributed by atoms with Crippen LogP contribution in [-0.4, -0.2) is 19.7 Å². The first-order valence-corrected chi connectivity index (χ1v) is 8.32. The van der Waals surface area contributed by atoms with E-state index in [-0.39, 0.29) is 0 Å². The van der Waals surface area contributed by atoms with E-state index in [2.05, 4.69) is 31.9 Å². The summed E-state index contributed by atoms with van der Waals surface area (Å²) < 4.78 is 7.78. The Hall–Kier alpha value is -2.08. The first kappa shape index (κ1) is 13.6. The second kappa shape index (κ2) is 5.61. The molecule has 22 heavy (non-hydrogen) atoms. The summed E-state index contributed by atoms with van der Waals surface area (Å²) in [7, 11) is 2.03. The lowest BCUT2D eigenvalue weighted by molar-refractivity contribution is 0.466. The average Bonchev–Trinajstić information content (AvgIpc) is 3.18. The van der Waals surface area contributed by atoms with Crippen LogP contribution in [0.15, 0.2) is 46.1 Å². The highest BCUT2D eigenvalue weighted by atomic mass is 32.2. The first-order valence-electron chi connectivity index (χ1n) is 7.33. The van der Waals surface area contributed by atoms with E-state index in [9.17, 15) is 0 Å². The summed E-state index contributed by atoms with van der Waals surface area (Å²) in [4.78, 5) is 4.50. The Bertz CT molecular complexity index is 777. The van der Waals surface area contributed by atoms with Gasteiger partial charge in [0.1, 0.15) is 0 Å². The van der Waals surface area contributed by atoms with Crippen LogP contribution in [0.1, 0.15) is 30.5 Å². The van der Waals surface area contributed by atoms with Crippen LogP contribution in [0.3, 0.4) is 0 Å². The molecule has 0 aliphatic heterocycles. The molecular weight excluding hydrogens is 296 g/mol. The summed E-state index contributed by atoms with van der Waals surface area (Å²) in [5.74, 6) is 2.62. The minimum Gasteiger partial charge on any atom is -0.424 e.